The molecule has 0 aromatic heterocycles. The largest absolute Gasteiger partial charge is 0.550 e. The zero-order valence-electron chi connectivity index (χ0n) is 6.12. The first-order valence-corrected chi connectivity index (χ1v) is 2.46. The Hall–Kier alpha value is -1.66. The minimum atomic E-state index is -1.08. The normalized spacial score (nSPS) is 7.09. The second-order valence-electron chi connectivity index (χ2n) is 1.42. The average Bonchev–Trinajstić information content (AvgIpc) is 1.85. The zero-order chi connectivity index (χ0) is 9.44. The first-order valence-electron chi connectivity index (χ1n) is 2.46. The number of nitroso groups, excluding NO2 is 1. The molecule has 0 aliphatic carbocycles. The minimum Gasteiger partial charge on any atom is -0.550 e. The van der Waals surface area contributed by atoms with Gasteiger partial charge in [-0.3, -0.25) is 0 Å². The van der Waals surface area contributed by atoms with E-state index in [4.69, 9.17) is 20.8 Å². The van der Waals surface area contributed by atoms with Gasteiger partial charge in [0.25, 0.3) is 0 Å². The SMILES string of the molecule is CC(=O)[O-].C[N+](=O)C(=N)N=N. The van der Waals surface area contributed by atoms with Gasteiger partial charge in [-0.15, -0.1) is 10.9 Å². The van der Waals surface area contributed by atoms with Crippen LogP contribution in [0.5, 0.6) is 0 Å². The Morgan fingerprint density at radius 1 is 1.64 bits per heavy atom. The molecular formula is C4H8N4O3. The number of nitrogens with zero attached hydrogens (tertiary/aromatic N) is 2. The molecule has 0 aromatic rings. The van der Waals surface area contributed by atoms with Crippen LogP contribution in [0.15, 0.2) is 5.11 Å². The lowest BCUT2D eigenvalue weighted by atomic mass is 10.9. The summed E-state index contributed by atoms with van der Waals surface area (Å²) in [6, 6.07) is 0. The summed E-state index contributed by atoms with van der Waals surface area (Å²) in [5.41, 5.74) is 6.10. The Labute approximate surface area is 62.6 Å². The van der Waals surface area contributed by atoms with Crippen LogP contribution >= 0.6 is 0 Å². The molecule has 0 bridgehead atoms. The molecule has 62 valence electrons. The van der Waals surface area contributed by atoms with E-state index in [1.807, 2.05) is 0 Å². The average molecular weight is 160 g/mol. The maximum absolute atomic E-state index is 9.85. The number of carbonyl (C=O) groups excluding carboxylic acids is 1. The van der Waals surface area contributed by atoms with Crippen molar-refractivity contribution in [3.05, 3.63) is 4.91 Å². The Bertz CT molecular complexity index is 184. The summed E-state index contributed by atoms with van der Waals surface area (Å²) in [5, 5.41) is 17.9. The number of aliphatic carboxylic acids is 1. The van der Waals surface area contributed by atoms with Crippen LogP contribution in [0.3, 0.4) is 0 Å². The summed E-state index contributed by atoms with van der Waals surface area (Å²) >= 11 is 0. The maximum Gasteiger partial charge on any atom is 0.482 e. The lowest BCUT2D eigenvalue weighted by molar-refractivity contribution is -0.398. The van der Waals surface area contributed by atoms with Crippen molar-refractivity contribution < 1.29 is 14.7 Å². The maximum atomic E-state index is 9.85. The molecule has 2 N–H and O–H groups in total. The van der Waals surface area contributed by atoms with Crippen LogP contribution in [0.2, 0.25) is 0 Å². The fourth-order valence-corrected chi connectivity index (χ4v) is 0.0704. The highest BCUT2D eigenvalue weighted by atomic mass is 16.4. The number of carbonyl (C=O) groups is 1. The third-order valence-corrected chi connectivity index (χ3v) is 0.404. The summed E-state index contributed by atoms with van der Waals surface area (Å²) < 4.78 is 0.201. The summed E-state index contributed by atoms with van der Waals surface area (Å²) in [7, 11) is 1.11. The number of nitrogens with one attached hydrogen (secondary N) is 2. The minimum absolute atomic E-state index is 0.201. The number of hydrogen-bond donors (Lipinski definition) is 2. The molecule has 0 aliphatic heterocycles. The molecule has 0 aliphatic rings. The van der Waals surface area contributed by atoms with Gasteiger partial charge < -0.3 is 9.90 Å². The molecule has 0 amide bonds. The van der Waals surface area contributed by atoms with Crippen LogP contribution in [-0.4, -0.2) is 23.7 Å². The van der Waals surface area contributed by atoms with E-state index in [0.29, 0.717) is 0 Å². The van der Waals surface area contributed by atoms with Crippen LogP contribution in [0.4, 0.5) is 0 Å². The van der Waals surface area contributed by atoms with Gasteiger partial charge in [-0.05, 0) is 11.7 Å². The van der Waals surface area contributed by atoms with Gasteiger partial charge in [0.1, 0.15) is 7.05 Å². The van der Waals surface area contributed by atoms with Crippen molar-refractivity contribution in [2.24, 2.45) is 5.11 Å². The summed E-state index contributed by atoms with van der Waals surface area (Å²) in [4.78, 5) is 18.7. The summed E-state index contributed by atoms with van der Waals surface area (Å²) in [6.45, 7) is 0.972. The van der Waals surface area contributed by atoms with Crippen molar-refractivity contribution in [3.63, 3.8) is 0 Å². The Kier molecular flexibility index (Phi) is 7.08. The molecule has 0 fully saturated rings. The molecule has 0 rings (SSSR count). The van der Waals surface area contributed by atoms with E-state index >= 15 is 0 Å². The van der Waals surface area contributed by atoms with Crippen molar-refractivity contribution in [3.8, 4) is 0 Å². The van der Waals surface area contributed by atoms with E-state index in [9.17, 15) is 4.91 Å². The molecule has 11 heavy (non-hydrogen) atoms. The van der Waals surface area contributed by atoms with Gasteiger partial charge in [-0.25, -0.2) is 0 Å². The van der Waals surface area contributed by atoms with Crippen molar-refractivity contribution in [1.82, 2.24) is 0 Å². The van der Waals surface area contributed by atoms with E-state index in [-0.39, 0.29) is 4.76 Å². The summed E-state index contributed by atoms with van der Waals surface area (Å²) in [6.07, 6.45) is 0. The molecule has 7 heteroatoms. The van der Waals surface area contributed by atoms with Gasteiger partial charge in [0.05, 0.1) is 0 Å². The fraction of sp³-hybridized carbons (Fsp3) is 0.500. The predicted molar refractivity (Wildman–Crippen MR) is 33.1 cm³/mol. The highest BCUT2D eigenvalue weighted by Gasteiger charge is 2.04. The molecule has 7 nitrogen and oxygen atoms in total. The standard InChI is InChI=1S/C2H5N4O.C2H4O2/c1-6(7)2(3)5-4;1-2(3)4/h3-4H,1H3;1H3,(H,3,4)/q+1;/p-1. The number of carboxylic acid groups (broad SMARTS) is 1. The lowest BCUT2D eigenvalue weighted by Crippen LogP contribution is -2.16. The van der Waals surface area contributed by atoms with Gasteiger partial charge >= 0.3 is 5.96 Å². The van der Waals surface area contributed by atoms with Crippen molar-refractivity contribution in [1.29, 1.82) is 10.9 Å². The van der Waals surface area contributed by atoms with Crippen LogP contribution < -0.4 is 5.11 Å². The molecule has 0 unspecified atom stereocenters. The van der Waals surface area contributed by atoms with E-state index in [1.54, 1.807) is 0 Å². The Morgan fingerprint density at radius 3 is 1.91 bits per heavy atom. The third-order valence-electron chi connectivity index (χ3n) is 0.404. The van der Waals surface area contributed by atoms with E-state index in [1.165, 1.54) is 0 Å². The Balaban J connectivity index is 0. The van der Waals surface area contributed by atoms with Gasteiger partial charge in [-0.1, -0.05) is 4.91 Å². The van der Waals surface area contributed by atoms with Crippen LogP contribution in [-0.2, 0) is 4.79 Å². The van der Waals surface area contributed by atoms with Crippen LogP contribution in [0.1, 0.15) is 6.92 Å². The van der Waals surface area contributed by atoms with Gasteiger partial charge in [0.15, 0.2) is 0 Å². The van der Waals surface area contributed by atoms with E-state index in [0.717, 1.165) is 14.0 Å². The molecule has 0 saturated carbocycles. The number of rotatable bonds is 0. The van der Waals surface area contributed by atoms with Crippen molar-refractivity contribution in [2.45, 2.75) is 6.92 Å². The molecule has 0 atom stereocenters. The lowest BCUT2D eigenvalue weighted by Gasteiger charge is -1.77. The first-order chi connectivity index (χ1) is 4.91. The number of carboxylic acids is 1. The van der Waals surface area contributed by atoms with E-state index in [2.05, 4.69) is 5.11 Å². The number of hydrogen-bond acceptors (Lipinski definition) is 5. The summed E-state index contributed by atoms with van der Waals surface area (Å²) in [5.74, 6) is -1.67. The molecule has 0 saturated heterocycles. The quantitative estimate of drug-likeness (QED) is 0.207. The van der Waals surface area contributed by atoms with Gasteiger partial charge in [0.2, 0.25) is 0 Å². The molecule has 0 spiro atoms. The smallest absolute Gasteiger partial charge is 0.482 e. The van der Waals surface area contributed by atoms with E-state index < -0.39 is 11.9 Å². The monoisotopic (exact) mass is 160 g/mol. The zero-order valence-corrected chi connectivity index (χ0v) is 6.12. The van der Waals surface area contributed by atoms with Crippen LogP contribution in [0.25, 0.3) is 0 Å². The highest BCUT2D eigenvalue weighted by Crippen LogP contribution is 1.70. The third kappa shape index (κ3) is 17.8. The van der Waals surface area contributed by atoms with Crippen LogP contribution in [0, 0.1) is 15.8 Å². The molecule has 0 heterocycles. The van der Waals surface area contributed by atoms with Gasteiger partial charge in [0, 0.05) is 11.1 Å². The van der Waals surface area contributed by atoms with Crippen molar-refractivity contribution in [2.75, 3.05) is 7.05 Å². The van der Waals surface area contributed by atoms with Gasteiger partial charge in [-0.2, -0.15) is 0 Å². The second kappa shape index (κ2) is 6.46. The molecule has 0 aromatic carbocycles. The molecular weight excluding hydrogens is 152 g/mol. The Morgan fingerprint density at radius 2 is 1.91 bits per heavy atom. The fourth-order valence-electron chi connectivity index (χ4n) is 0.0704. The predicted octanol–water partition coefficient (Wildman–Crippen LogP) is -0.883. The molecule has 0 radical (unpaired) electrons. The van der Waals surface area contributed by atoms with Crippen molar-refractivity contribution >= 4 is 11.9 Å². The highest BCUT2D eigenvalue weighted by molar-refractivity contribution is 5.66. The first kappa shape index (κ1) is 12.1. The topological polar surface area (TPSA) is 120 Å². The second-order valence-corrected chi connectivity index (χ2v) is 1.42. The number of guanidine groups is 1.